The Bertz CT molecular complexity index is 1000. The van der Waals surface area contributed by atoms with E-state index in [1.807, 2.05) is 37.3 Å². The van der Waals surface area contributed by atoms with E-state index in [9.17, 15) is 14.4 Å². The van der Waals surface area contributed by atoms with Crippen LogP contribution in [0.1, 0.15) is 37.8 Å². The Kier molecular flexibility index (Phi) is 7.22. The summed E-state index contributed by atoms with van der Waals surface area (Å²) in [4.78, 5) is 38.1. The minimum atomic E-state index is -0.310. The lowest BCUT2D eigenvalue weighted by Crippen LogP contribution is -2.33. The molecule has 1 aliphatic rings. The van der Waals surface area contributed by atoms with Gasteiger partial charge in [-0.25, -0.2) is 0 Å². The summed E-state index contributed by atoms with van der Waals surface area (Å²) in [5.41, 5.74) is 2.08. The lowest BCUT2D eigenvalue weighted by Gasteiger charge is -2.22. The number of carbonyl (C=O) groups is 3. The van der Waals surface area contributed by atoms with Gasteiger partial charge in [-0.1, -0.05) is 24.3 Å². The van der Waals surface area contributed by atoms with Crippen LogP contribution in [-0.2, 0) is 14.4 Å². The molecule has 0 radical (unpaired) electrons. The van der Waals surface area contributed by atoms with Crippen molar-refractivity contribution in [1.82, 2.24) is 5.32 Å². The monoisotopic (exact) mass is 420 g/mol. The molecule has 0 bridgehead atoms. The number of carbonyl (C=O) groups excluding carboxylic acids is 3. The molecule has 0 aliphatic carbocycles. The van der Waals surface area contributed by atoms with Gasteiger partial charge in [-0.2, -0.15) is 5.26 Å². The van der Waals surface area contributed by atoms with E-state index in [4.69, 9.17) is 10.00 Å². The average molecular weight is 420 g/mol. The third-order valence-corrected chi connectivity index (χ3v) is 4.90. The van der Waals surface area contributed by atoms with Crippen LogP contribution in [0.25, 0.3) is 0 Å². The number of nitrogens with zero attached hydrogens (tertiary/aromatic N) is 2. The molecular formula is C23H24N4O4. The van der Waals surface area contributed by atoms with Crippen LogP contribution in [0.2, 0.25) is 0 Å². The molecule has 8 nitrogen and oxygen atoms in total. The second kappa shape index (κ2) is 10.3. The van der Waals surface area contributed by atoms with E-state index in [-0.39, 0.29) is 56.2 Å². The van der Waals surface area contributed by atoms with E-state index in [0.29, 0.717) is 17.1 Å². The molecule has 0 spiro atoms. The third kappa shape index (κ3) is 5.82. The summed E-state index contributed by atoms with van der Waals surface area (Å²) in [6.45, 7) is 2.09. The lowest BCUT2D eigenvalue weighted by atomic mass is 10.1. The first-order valence-corrected chi connectivity index (χ1v) is 10.1. The van der Waals surface area contributed by atoms with E-state index >= 15 is 0 Å². The minimum Gasteiger partial charge on any atom is -0.482 e. The van der Waals surface area contributed by atoms with Crippen molar-refractivity contribution in [3.8, 4) is 11.8 Å². The first kappa shape index (κ1) is 21.8. The minimum absolute atomic E-state index is 0.0129. The summed E-state index contributed by atoms with van der Waals surface area (Å²) in [7, 11) is 0. The van der Waals surface area contributed by atoms with Gasteiger partial charge in [0.05, 0.1) is 24.2 Å². The summed E-state index contributed by atoms with van der Waals surface area (Å²) in [5, 5.41) is 14.5. The number of hydrogen-bond acceptors (Lipinski definition) is 5. The number of hydrogen-bond donors (Lipinski definition) is 2. The van der Waals surface area contributed by atoms with Crippen molar-refractivity contribution in [3.05, 3.63) is 54.1 Å². The molecule has 2 aromatic rings. The molecule has 31 heavy (non-hydrogen) atoms. The highest BCUT2D eigenvalue weighted by Gasteiger charge is 2.20. The summed E-state index contributed by atoms with van der Waals surface area (Å²) in [6, 6.07) is 16.2. The first-order valence-electron chi connectivity index (χ1n) is 10.1. The maximum absolute atomic E-state index is 12.7. The molecule has 0 saturated heterocycles. The zero-order valence-corrected chi connectivity index (χ0v) is 17.3. The Balaban J connectivity index is 1.56. The van der Waals surface area contributed by atoms with Gasteiger partial charge in [0.1, 0.15) is 5.75 Å². The van der Waals surface area contributed by atoms with Gasteiger partial charge in [0.25, 0.3) is 5.91 Å². The molecule has 3 rings (SSSR count). The predicted molar refractivity (Wildman–Crippen MR) is 115 cm³/mol. The quantitative estimate of drug-likeness (QED) is 0.682. The summed E-state index contributed by atoms with van der Waals surface area (Å²) < 4.78 is 5.34. The van der Waals surface area contributed by atoms with Crippen LogP contribution in [0.15, 0.2) is 48.5 Å². The Morgan fingerprint density at radius 3 is 2.74 bits per heavy atom. The molecule has 3 amide bonds. The zero-order chi connectivity index (χ0) is 22.2. The number of fused-ring (bicyclic) bond motifs is 1. The zero-order valence-electron chi connectivity index (χ0n) is 17.3. The number of para-hydroxylation sites is 1. The lowest BCUT2D eigenvalue weighted by molar-refractivity contribution is -0.125. The highest BCUT2D eigenvalue weighted by atomic mass is 16.5. The van der Waals surface area contributed by atoms with Gasteiger partial charge in [0.15, 0.2) is 6.61 Å². The first-order chi connectivity index (χ1) is 15.0. The van der Waals surface area contributed by atoms with Crippen molar-refractivity contribution < 1.29 is 19.1 Å². The number of amides is 3. The second-order valence-corrected chi connectivity index (χ2v) is 7.17. The second-order valence-electron chi connectivity index (χ2n) is 7.17. The van der Waals surface area contributed by atoms with Crippen LogP contribution in [0.5, 0.6) is 5.75 Å². The molecule has 0 fully saturated rings. The molecule has 2 aromatic carbocycles. The van der Waals surface area contributed by atoms with Crippen molar-refractivity contribution in [2.45, 2.75) is 32.2 Å². The van der Waals surface area contributed by atoms with E-state index in [2.05, 4.69) is 10.6 Å². The summed E-state index contributed by atoms with van der Waals surface area (Å²) >= 11 is 0. The molecular weight excluding hydrogens is 396 g/mol. The number of anilines is 2. The molecule has 0 saturated carbocycles. The molecule has 1 heterocycles. The fraction of sp³-hybridized carbons (Fsp3) is 0.304. The highest BCUT2D eigenvalue weighted by Crippen LogP contribution is 2.30. The normalized spacial score (nSPS) is 13.1. The van der Waals surface area contributed by atoms with Crippen LogP contribution >= 0.6 is 0 Å². The van der Waals surface area contributed by atoms with Crippen molar-refractivity contribution >= 4 is 29.1 Å². The standard InChI is InChI=1S/C23H24N4O4/c1-16(17-8-9-20-19(14-17)26-22(29)15-31-20)25-21(28)10-11-23(30)27(13-5-12-24)18-6-3-2-4-7-18/h2-4,6-9,14,16H,5,10-11,13,15H2,1H3,(H,25,28)(H,26,29). The fourth-order valence-corrected chi connectivity index (χ4v) is 3.29. The topological polar surface area (TPSA) is 112 Å². The SMILES string of the molecule is CC(NC(=O)CCC(=O)N(CCC#N)c1ccccc1)c1ccc2c(c1)NC(=O)CO2. The molecule has 1 aliphatic heterocycles. The van der Waals surface area contributed by atoms with Gasteiger partial charge in [0.2, 0.25) is 11.8 Å². The largest absolute Gasteiger partial charge is 0.482 e. The van der Waals surface area contributed by atoms with Gasteiger partial charge < -0.3 is 20.3 Å². The van der Waals surface area contributed by atoms with Crippen LogP contribution in [0.4, 0.5) is 11.4 Å². The summed E-state index contributed by atoms with van der Waals surface area (Å²) in [6.07, 6.45) is 0.277. The van der Waals surface area contributed by atoms with Crippen molar-refractivity contribution in [2.75, 3.05) is 23.4 Å². The molecule has 1 atom stereocenters. The van der Waals surface area contributed by atoms with Crippen LogP contribution in [0, 0.1) is 11.3 Å². The number of rotatable bonds is 8. The maximum Gasteiger partial charge on any atom is 0.262 e. The van der Waals surface area contributed by atoms with Crippen LogP contribution in [0.3, 0.4) is 0 Å². The number of ether oxygens (including phenoxy) is 1. The third-order valence-electron chi connectivity index (χ3n) is 4.90. The Morgan fingerprint density at radius 2 is 2.00 bits per heavy atom. The molecule has 2 N–H and O–H groups in total. The van der Waals surface area contributed by atoms with E-state index in [0.717, 1.165) is 5.56 Å². The van der Waals surface area contributed by atoms with Crippen LogP contribution < -0.4 is 20.3 Å². The van der Waals surface area contributed by atoms with Gasteiger partial charge >= 0.3 is 0 Å². The molecule has 0 aromatic heterocycles. The van der Waals surface area contributed by atoms with E-state index in [1.54, 1.807) is 24.3 Å². The number of nitrogens with one attached hydrogen (secondary N) is 2. The van der Waals surface area contributed by atoms with E-state index < -0.39 is 0 Å². The number of nitriles is 1. The van der Waals surface area contributed by atoms with Crippen LogP contribution in [-0.4, -0.2) is 30.9 Å². The molecule has 8 heteroatoms. The molecule has 1 unspecified atom stereocenters. The van der Waals surface area contributed by atoms with Crippen molar-refractivity contribution in [2.24, 2.45) is 0 Å². The predicted octanol–water partition coefficient (Wildman–Crippen LogP) is 2.92. The van der Waals surface area contributed by atoms with Gasteiger partial charge in [0, 0.05) is 25.1 Å². The Labute approximate surface area is 180 Å². The van der Waals surface area contributed by atoms with Gasteiger partial charge in [-0.05, 0) is 36.8 Å². The smallest absolute Gasteiger partial charge is 0.262 e. The highest BCUT2D eigenvalue weighted by molar-refractivity contribution is 5.96. The Hall–Kier alpha value is -3.86. The maximum atomic E-state index is 12.7. The average Bonchev–Trinajstić information content (AvgIpc) is 2.78. The van der Waals surface area contributed by atoms with Gasteiger partial charge in [-0.15, -0.1) is 0 Å². The number of benzene rings is 2. The van der Waals surface area contributed by atoms with Crippen molar-refractivity contribution in [1.29, 1.82) is 5.26 Å². The van der Waals surface area contributed by atoms with E-state index in [1.165, 1.54) is 4.90 Å². The Morgan fingerprint density at radius 1 is 1.23 bits per heavy atom. The fourth-order valence-electron chi connectivity index (χ4n) is 3.29. The van der Waals surface area contributed by atoms with Crippen molar-refractivity contribution in [3.63, 3.8) is 0 Å². The molecule has 160 valence electrons. The van der Waals surface area contributed by atoms with Gasteiger partial charge in [-0.3, -0.25) is 14.4 Å². The summed E-state index contributed by atoms with van der Waals surface area (Å²) in [5.74, 6) is -0.102.